The number of aliphatic hydroxyl groups is 2. The Morgan fingerprint density at radius 1 is 0.878 bits per heavy atom. The summed E-state index contributed by atoms with van der Waals surface area (Å²) in [6.45, 7) is 30.2. The normalized spacial score (nSPS) is 40.1. The van der Waals surface area contributed by atoms with Crippen LogP contribution in [0.2, 0.25) is 39.3 Å². The molecule has 4 saturated heterocycles. The molecule has 4 aliphatic rings. The zero-order valence-electron chi connectivity index (χ0n) is 47.4. The number of ketones is 1. The quantitative estimate of drug-likeness (QED) is 0.121. The number of nitrogens with zero attached hydrogens (tertiary/aromatic N) is 2. The summed E-state index contributed by atoms with van der Waals surface area (Å²) in [5.74, 6) is -5.12. The van der Waals surface area contributed by atoms with Crippen LogP contribution in [0.4, 0.5) is 4.79 Å². The Labute approximate surface area is 442 Å². The Morgan fingerprint density at radius 3 is 2.16 bits per heavy atom. The molecule has 6 rings (SSSR count). The zero-order chi connectivity index (χ0) is 55.1. The van der Waals surface area contributed by atoms with Crippen LogP contribution in [0.3, 0.4) is 0 Å². The molecule has 5 heterocycles. The summed E-state index contributed by atoms with van der Waals surface area (Å²) in [5.41, 5.74) is -5.30. The largest absolute Gasteiger partial charge is 0.458 e. The first-order valence-electron chi connectivity index (χ1n) is 26.7. The van der Waals surface area contributed by atoms with Gasteiger partial charge in [0.1, 0.15) is 18.0 Å². The molecule has 4 aliphatic heterocycles. The van der Waals surface area contributed by atoms with Crippen molar-refractivity contribution in [3.63, 3.8) is 0 Å². The van der Waals surface area contributed by atoms with Gasteiger partial charge in [-0.3, -0.25) is 19.9 Å². The summed E-state index contributed by atoms with van der Waals surface area (Å²) >= 11 is 0. The van der Waals surface area contributed by atoms with Gasteiger partial charge in [-0.15, -0.1) is 0 Å². The molecule has 2 aromatic rings. The fraction of sp³-hybridized carbons (Fsp3) is 0.745. The summed E-state index contributed by atoms with van der Waals surface area (Å²) in [6, 6.07) is 9.79. The van der Waals surface area contributed by atoms with Gasteiger partial charge >= 0.3 is 12.1 Å². The number of benzene rings is 1. The number of carbonyl (C=O) groups excluding carboxylic acids is 3. The number of alkyl carbamates (subject to hydrolysis) is 1. The van der Waals surface area contributed by atoms with E-state index in [2.05, 4.69) is 54.5 Å². The summed E-state index contributed by atoms with van der Waals surface area (Å²) in [4.78, 5) is 50.2. The van der Waals surface area contributed by atoms with E-state index in [1.165, 1.54) is 6.92 Å². The molecule has 0 aliphatic carbocycles. The van der Waals surface area contributed by atoms with Gasteiger partial charge in [-0.1, -0.05) is 58.0 Å². The van der Waals surface area contributed by atoms with Crippen LogP contribution in [-0.2, 0) is 51.6 Å². The second kappa shape index (κ2) is 23.0. The van der Waals surface area contributed by atoms with Crippen molar-refractivity contribution in [2.24, 2.45) is 23.7 Å². The monoisotopic (exact) mass is 1070 g/mol. The van der Waals surface area contributed by atoms with Gasteiger partial charge in [0.15, 0.2) is 40.5 Å². The summed E-state index contributed by atoms with van der Waals surface area (Å²) in [5, 5.41) is 28.3. The third kappa shape index (κ3) is 13.4. The van der Waals surface area contributed by atoms with Gasteiger partial charge in [0.25, 0.3) is 0 Å². The maximum Gasteiger partial charge on any atom is 0.410 e. The third-order valence-corrected chi connectivity index (χ3v) is 17.5. The summed E-state index contributed by atoms with van der Waals surface area (Å²) < 4.78 is 60.9. The Bertz CT molecular complexity index is 2310. The number of aromatic nitrogens is 1. The minimum Gasteiger partial charge on any atom is -0.458 e. The van der Waals surface area contributed by atoms with Crippen molar-refractivity contribution in [1.29, 1.82) is 0 Å². The number of amides is 1. The fourth-order valence-electron chi connectivity index (χ4n) is 11.8. The van der Waals surface area contributed by atoms with E-state index in [1.54, 1.807) is 40.8 Å². The average Bonchev–Trinajstić information content (AvgIpc) is 3.54. The molecule has 18 atom stereocenters. The lowest BCUT2D eigenvalue weighted by atomic mass is 9.71. The van der Waals surface area contributed by atoms with Crippen molar-refractivity contribution in [2.75, 3.05) is 20.7 Å². The first-order chi connectivity index (χ1) is 34.2. The smallest absolute Gasteiger partial charge is 0.410 e. The Hall–Kier alpha value is -3.19. The molecule has 17 nitrogen and oxygen atoms in total. The van der Waals surface area contributed by atoms with E-state index in [0.29, 0.717) is 6.42 Å². The number of hydrogen-bond acceptors (Lipinski definition) is 16. The molecule has 0 spiro atoms. The predicted octanol–water partition coefficient (Wildman–Crippen LogP) is 8.21. The topological polar surface area (TPSA) is 203 Å². The van der Waals surface area contributed by atoms with Gasteiger partial charge in [-0.2, -0.15) is 0 Å². The minimum atomic E-state index is -2.31. The van der Waals surface area contributed by atoms with Crippen molar-refractivity contribution in [2.45, 2.75) is 218 Å². The molecule has 416 valence electrons. The van der Waals surface area contributed by atoms with Crippen LogP contribution >= 0.6 is 0 Å². The number of esters is 1. The van der Waals surface area contributed by atoms with Gasteiger partial charge in [0, 0.05) is 35.9 Å². The van der Waals surface area contributed by atoms with E-state index < -0.39 is 130 Å². The van der Waals surface area contributed by atoms with Gasteiger partial charge in [0.05, 0.1) is 65.7 Å². The summed E-state index contributed by atoms with van der Waals surface area (Å²) in [7, 11) is -0.433. The SMILES string of the molecule is CC[C@H]1OC(=O)[C@H](C)[C@@H](O[C@H]2CC(C)(O)[C@@H](O[Si](C)(C)C)[C@H](C)O2)[C@H](C)[C@@H](O[C@@H]2O[C@H](C)C[C@H](N(C)C)[C@H]2O[Si](C)(C)C)[C@](C)(OC/C=C/c2cnc3ccccc3c2)C[C@@H](C)C(=O)[C@H](C)[C@@]2(O)NC(=O)O[C@]12C. The number of fused-ring (bicyclic) bond motifs is 2. The second-order valence-corrected chi connectivity index (χ2v) is 33.4. The van der Waals surface area contributed by atoms with E-state index in [9.17, 15) is 15.0 Å². The van der Waals surface area contributed by atoms with E-state index in [-0.39, 0.29) is 38.0 Å². The van der Waals surface area contributed by atoms with E-state index in [0.717, 1.165) is 16.5 Å². The van der Waals surface area contributed by atoms with Crippen LogP contribution in [0.25, 0.3) is 17.0 Å². The lowest BCUT2D eigenvalue weighted by Crippen LogP contribution is -2.67. The standard InChI is InChI=1S/C55H89N3O14Si2/c1-19-42-54(10)55(63,57-51(61)70-54)36(6)44(59)32(2)29-53(9,64-26-22-23-38-28-39-24-20-21-25-40(39)56-31-38)47(69-50-46(71-73(13,14)15)41(58(11)12)27-33(3)65-50)34(4)45(35(5)49(60)67-42)68-43-30-52(8,62)48(37(7)66-43)72-74(16,17)18/h20-25,28,31-37,41-43,45-48,50,62-63H,19,26-27,29-30H2,1-18H3,(H,57,61)/b23-22+/t32-,33-,34+,35-,36+,37+,41+,42-,43+,45+,46-,47-,48+,50+,52?,53-,54-,55+/m1/s1. The van der Waals surface area contributed by atoms with Crippen molar-refractivity contribution in [3.05, 3.63) is 48.2 Å². The molecule has 74 heavy (non-hydrogen) atoms. The second-order valence-electron chi connectivity index (χ2n) is 24.5. The number of ether oxygens (including phenoxy) is 7. The van der Waals surface area contributed by atoms with Crippen LogP contribution in [-0.4, -0.2) is 159 Å². The number of para-hydroxylation sites is 1. The maximum absolute atomic E-state index is 15.1. The van der Waals surface area contributed by atoms with Crippen LogP contribution in [0, 0.1) is 23.7 Å². The lowest BCUT2D eigenvalue weighted by Gasteiger charge is -2.51. The zero-order valence-corrected chi connectivity index (χ0v) is 49.4. The molecular formula is C55H89N3O14Si2. The minimum absolute atomic E-state index is 0.00118. The molecule has 1 aromatic heterocycles. The molecule has 19 heteroatoms. The number of pyridine rings is 1. The fourth-order valence-corrected chi connectivity index (χ4v) is 14.1. The molecule has 0 radical (unpaired) electrons. The van der Waals surface area contributed by atoms with E-state index in [1.807, 2.05) is 84.3 Å². The van der Waals surface area contributed by atoms with E-state index in [4.69, 9.17) is 42.0 Å². The molecular weight excluding hydrogens is 983 g/mol. The van der Waals surface area contributed by atoms with Gasteiger partial charge < -0.3 is 57.1 Å². The number of Topliss-reactive ketones (excluding diaryl/α,β-unsaturated/α-hetero) is 1. The van der Waals surface area contributed by atoms with Crippen molar-refractivity contribution >= 4 is 51.5 Å². The lowest BCUT2D eigenvalue weighted by molar-refractivity contribution is -0.316. The molecule has 1 unspecified atom stereocenters. The third-order valence-electron chi connectivity index (χ3n) is 15.5. The molecule has 1 aromatic carbocycles. The molecule has 0 bridgehead atoms. The highest BCUT2D eigenvalue weighted by atomic mass is 28.4. The van der Waals surface area contributed by atoms with Gasteiger partial charge in [-0.25, -0.2) is 4.79 Å². The molecule has 4 fully saturated rings. The van der Waals surface area contributed by atoms with Gasteiger partial charge in [0.2, 0.25) is 0 Å². The van der Waals surface area contributed by atoms with Crippen LogP contribution in [0.5, 0.6) is 0 Å². The van der Waals surface area contributed by atoms with Crippen LogP contribution in [0.1, 0.15) is 100 Å². The highest BCUT2D eigenvalue weighted by molar-refractivity contribution is 6.70. The van der Waals surface area contributed by atoms with E-state index >= 15 is 9.59 Å². The van der Waals surface area contributed by atoms with Crippen molar-refractivity contribution in [1.82, 2.24) is 15.2 Å². The van der Waals surface area contributed by atoms with Crippen molar-refractivity contribution < 1.29 is 66.6 Å². The van der Waals surface area contributed by atoms with Crippen LogP contribution < -0.4 is 5.32 Å². The number of cyclic esters (lactones) is 1. The first-order valence-corrected chi connectivity index (χ1v) is 33.5. The van der Waals surface area contributed by atoms with Gasteiger partial charge in [-0.05, 0) is 132 Å². The summed E-state index contributed by atoms with van der Waals surface area (Å²) in [6.07, 6.45) is -2.02. The highest BCUT2D eigenvalue weighted by Gasteiger charge is 2.67. The molecule has 3 N–H and O–H groups in total. The van der Waals surface area contributed by atoms with Crippen LogP contribution in [0.15, 0.2) is 42.6 Å². The van der Waals surface area contributed by atoms with Crippen molar-refractivity contribution in [3.8, 4) is 0 Å². The Morgan fingerprint density at radius 2 is 1.54 bits per heavy atom. The molecule has 1 amide bonds. The number of likely N-dealkylation sites (N-methyl/N-ethyl adjacent to an activating group) is 1. The first kappa shape index (κ1) is 60.0. The predicted molar refractivity (Wildman–Crippen MR) is 287 cm³/mol. The number of hydrogen-bond donors (Lipinski definition) is 3. The number of nitrogens with one attached hydrogen (secondary N) is 1. The number of carbonyl (C=O) groups is 3. The Kier molecular flexibility index (Phi) is 18.7. The highest BCUT2D eigenvalue weighted by Crippen LogP contribution is 2.46. The molecule has 0 saturated carbocycles. The maximum atomic E-state index is 15.1. The number of rotatable bonds is 14. The Balaban J connectivity index is 1.53. The average molecular weight is 1070 g/mol.